The molecule has 0 amide bonds. The number of nitrogens with zero attached hydrogens (tertiary/aromatic N) is 1. The first-order valence-corrected chi connectivity index (χ1v) is 13.4. The summed E-state index contributed by atoms with van der Waals surface area (Å²) in [5.41, 5.74) is 4.75. The summed E-state index contributed by atoms with van der Waals surface area (Å²) in [4.78, 5) is 2.61. The second-order valence-electron chi connectivity index (χ2n) is 8.41. The number of benzene rings is 1. The molecule has 3 rings (SSSR count). The first kappa shape index (κ1) is 25.2. The van der Waals surface area contributed by atoms with Crippen LogP contribution in [0.15, 0.2) is 30.3 Å². The molecule has 0 aromatic heterocycles. The van der Waals surface area contributed by atoms with Gasteiger partial charge in [0.25, 0.3) is 0 Å². The van der Waals surface area contributed by atoms with E-state index >= 15 is 0 Å². The summed E-state index contributed by atoms with van der Waals surface area (Å²) >= 11 is -2.18. The first-order valence-electron chi connectivity index (χ1n) is 8.63. The Kier molecular flexibility index (Phi) is 9.52. The van der Waals surface area contributed by atoms with Gasteiger partial charge >= 0.3 is 140 Å². The predicted octanol–water partition coefficient (Wildman–Crippen LogP) is -2.71. The Morgan fingerprint density at radius 1 is 1.04 bits per heavy atom. The quantitative estimate of drug-likeness (QED) is 0.518. The zero-order chi connectivity index (χ0) is 16.0. The van der Waals surface area contributed by atoms with Crippen molar-refractivity contribution in [2.24, 2.45) is 0 Å². The molecule has 0 spiro atoms. The van der Waals surface area contributed by atoms with Gasteiger partial charge in [-0.2, -0.15) is 0 Å². The third-order valence-corrected chi connectivity index (χ3v) is 10.2. The van der Waals surface area contributed by atoms with Crippen LogP contribution in [0.2, 0.25) is 10.5 Å². The van der Waals surface area contributed by atoms with Gasteiger partial charge in [-0.05, 0) is 11.0 Å². The van der Waals surface area contributed by atoms with E-state index in [0.29, 0.717) is 4.22 Å². The molecule has 142 valence electrons. The number of likely N-dealkylation sites (tertiary alicyclic amines) is 1. The molecular weight excluding hydrogens is 403 g/mol. The predicted molar refractivity (Wildman–Crippen MR) is 104 cm³/mol. The zero-order valence-electron chi connectivity index (χ0n) is 15.5. The van der Waals surface area contributed by atoms with E-state index in [0.717, 1.165) is 0 Å². The maximum absolute atomic E-state index is 4.01. The molecule has 0 saturated carbocycles. The monoisotopic (exact) mass is 436 g/mol. The van der Waals surface area contributed by atoms with Crippen LogP contribution in [0.4, 0.5) is 0 Å². The normalized spacial score (nSPS) is 18.7. The third-order valence-electron chi connectivity index (χ3n) is 4.82. The molecule has 1 N–H and O–H groups in total. The summed E-state index contributed by atoms with van der Waals surface area (Å²) in [6, 6.07) is 9.09. The summed E-state index contributed by atoms with van der Waals surface area (Å²) in [7, 11) is 0. The molecule has 1 aliphatic heterocycles. The van der Waals surface area contributed by atoms with Crippen molar-refractivity contribution in [3.05, 3.63) is 41.5 Å². The second kappa shape index (κ2) is 9.43. The van der Waals surface area contributed by atoms with Crippen molar-refractivity contribution in [1.29, 1.82) is 0 Å². The average Bonchev–Trinajstić information content (AvgIpc) is 3.02. The molecule has 1 saturated heterocycles. The van der Waals surface area contributed by atoms with Crippen LogP contribution in [-0.2, 0) is 16.8 Å². The van der Waals surface area contributed by atoms with Gasteiger partial charge in [0, 0.05) is 0 Å². The minimum Gasteiger partial charge on any atom is -1.00 e. The van der Waals surface area contributed by atoms with E-state index in [4.69, 9.17) is 0 Å². The topological polar surface area (TPSA) is 15.3 Å². The Morgan fingerprint density at radius 2 is 1.60 bits per heavy atom. The van der Waals surface area contributed by atoms with Crippen molar-refractivity contribution in [1.82, 2.24) is 8.70 Å². The van der Waals surface area contributed by atoms with Gasteiger partial charge in [-0.15, -0.1) is 0 Å². The summed E-state index contributed by atoms with van der Waals surface area (Å²) < 4.78 is 4.63. The van der Waals surface area contributed by atoms with Crippen molar-refractivity contribution in [2.75, 3.05) is 13.1 Å². The molecule has 1 atom stereocenters. The van der Waals surface area contributed by atoms with Gasteiger partial charge in [-0.1, -0.05) is 0 Å². The van der Waals surface area contributed by atoms with E-state index in [1.54, 1.807) is 5.56 Å². The maximum atomic E-state index is 4.01. The summed E-state index contributed by atoms with van der Waals surface area (Å²) in [5, 5.41) is 5.05. The Morgan fingerprint density at radius 3 is 2.16 bits per heavy atom. The number of halogens is 2. The molecular formula is C19H34Cl2N2SiTi. The van der Waals surface area contributed by atoms with E-state index in [9.17, 15) is 0 Å². The largest absolute Gasteiger partial charge is 1.00 e. The number of nitrogens with one attached hydrogen (secondary N) is 1. The van der Waals surface area contributed by atoms with Gasteiger partial charge in [0.2, 0.25) is 0 Å². The summed E-state index contributed by atoms with van der Waals surface area (Å²) in [6.45, 7) is 9.35. The minimum atomic E-state index is -2.18. The van der Waals surface area contributed by atoms with Gasteiger partial charge in [-0.25, -0.2) is 0 Å². The van der Waals surface area contributed by atoms with E-state index in [2.05, 4.69) is 70.3 Å². The number of allylic oxidation sites excluding steroid dienone is 1. The van der Waals surface area contributed by atoms with Crippen molar-refractivity contribution in [3.63, 3.8) is 0 Å². The fraction of sp³-hybridized carbons (Fsp3) is 0.579. The molecule has 1 unspecified atom stereocenters. The van der Waals surface area contributed by atoms with Crippen LogP contribution in [-0.4, -0.2) is 34.5 Å². The third kappa shape index (κ3) is 5.60. The van der Waals surface area contributed by atoms with Gasteiger partial charge in [0.1, 0.15) is 0 Å². The van der Waals surface area contributed by atoms with E-state index in [1.165, 1.54) is 37.2 Å². The van der Waals surface area contributed by atoms with Crippen molar-refractivity contribution in [2.45, 2.75) is 53.8 Å². The van der Waals surface area contributed by atoms with Crippen LogP contribution in [0.1, 0.15) is 49.0 Å². The van der Waals surface area contributed by atoms with Crippen molar-refractivity contribution < 1.29 is 41.7 Å². The van der Waals surface area contributed by atoms with Crippen LogP contribution in [0.25, 0.3) is 5.70 Å². The molecule has 0 bridgehead atoms. The molecule has 6 heteroatoms. The molecule has 1 aromatic carbocycles. The van der Waals surface area contributed by atoms with Gasteiger partial charge in [-0.3, -0.25) is 0 Å². The molecule has 2 nitrogen and oxygen atoms in total. The first-order chi connectivity index (χ1) is 10.3. The maximum Gasteiger partial charge on any atom is -0.0149 e. The van der Waals surface area contributed by atoms with E-state index < -0.39 is 16.8 Å². The molecule has 2 aliphatic rings. The van der Waals surface area contributed by atoms with Gasteiger partial charge in [0.15, 0.2) is 0 Å². The molecule has 1 aliphatic carbocycles. The average molecular weight is 437 g/mol. The Bertz CT molecular complexity index is 593. The summed E-state index contributed by atoms with van der Waals surface area (Å²) in [6.07, 6.45) is 5.28. The van der Waals surface area contributed by atoms with Crippen molar-refractivity contribution in [3.8, 4) is 0 Å². The van der Waals surface area contributed by atoms with E-state index in [-0.39, 0.29) is 41.3 Å². The van der Waals surface area contributed by atoms with Crippen LogP contribution in [0.5, 0.6) is 0 Å². The van der Waals surface area contributed by atoms with E-state index in [1.807, 2.05) is 0 Å². The van der Waals surface area contributed by atoms with Crippen LogP contribution in [0, 0.1) is 0 Å². The standard InChI is InChI=1S/C13H14N.C4H10N.2CH3.2ClH.H4Si.Ti/c1-2-6-12-11(5-1)7-8-13(12)14-9-3-4-10-14;1-4(2,3)5;;;;;;/h1-2,5-8H,3-4,9-10H2;5H,1-3H3;2*1H3;2*1H;1H4;/q;-1;;;;;;+3/p-2. The fourth-order valence-electron chi connectivity index (χ4n) is 4.21. The van der Waals surface area contributed by atoms with Crippen molar-refractivity contribution >= 4 is 16.7 Å². The molecule has 0 radical (unpaired) electrons. The number of hydrogen-bond donors (Lipinski definition) is 1. The van der Waals surface area contributed by atoms with Crippen LogP contribution >= 0.6 is 0 Å². The summed E-state index contributed by atoms with van der Waals surface area (Å²) in [5.74, 6) is 0. The fourth-order valence-corrected chi connectivity index (χ4v) is 9.98. The van der Waals surface area contributed by atoms with Crippen LogP contribution in [0.3, 0.4) is 0 Å². The smallest absolute Gasteiger partial charge is 0.0149 e. The SMILES string of the molecule is CC(C)(C)[NH][Ti+2]([CH3])([CH3])[CH]1C=C(N2CCCC2)c2ccccc21.[Cl-].[Cl-].[SiH4]. The number of fused-ring (bicyclic) bond motifs is 1. The zero-order valence-corrected chi connectivity index (χ0v) is 18.6. The number of rotatable bonds is 3. The van der Waals surface area contributed by atoms with Gasteiger partial charge < -0.3 is 24.8 Å². The molecule has 25 heavy (non-hydrogen) atoms. The molecule has 1 heterocycles. The Hall–Kier alpha value is 0.231. The Labute approximate surface area is 174 Å². The minimum absolute atomic E-state index is 0. The molecule has 1 fully saturated rings. The Balaban J connectivity index is 0.00000192. The number of hydrogen-bond acceptors (Lipinski definition) is 2. The van der Waals surface area contributed by atoms with Crippen LogP contribution < -0.4 is 28.6 Å². The molecule has 1 aromatic rings. The second-order valence-corrected chi connectivity index (χ2v) is 15.1. The van der Waals surface area contributed by atoms with Gasteiger partial charge in [0.05, 0.1) is 0 Å².